The van der Waals surface area contributed by atoms with E-state index in [0.29, 0.717) is 0 Å². The maximum Gasteiger partial charge on any atom is 0.312 e. The van der Waals surface area contributed by atoms with E-state index in [-0.39, 0.29) is 35.5 Å². The third kappa shape index (κ3) is 4.52. The topological polar surface area (TPSA) is 77.5 Å². The summed E-state index contributed by atoms with van der Waals surface area (Å²) in [5, 5.41) is -0.776. The molecule has 1 heterocycles. The van der Waals surface area contributed by atoms with Gasteiger partial charge in [-0.2, -0.15) is 8.42 Å². The second-order valence-electron chi connectivity index (χ2n) is 7.44. The predicted octanol–water partition coefficient (Wildman–Crippen LogP) is 3.30. The minimum absolute atomic E-state index is 0.0871. The first-order valence-corrected chi connectivity index (χ1v) is 12.2. The summed E-state index contributed by atoms with van der Waals surface area (Å²) in [5.41, 5.74) is 1.98. The molecule has 0 aliphatic carbocycles. The van der Waals surface area contributed by atoms with Gasteiger partial charge in [0.05, 0.1) is 16.8 Å². The number of rotatable bonds is 5. The Labute approximate surface area is 161 Å². The van der Waals surface area contributed by atoms with Gasteiger partial charge in [-0.1, -0.05) is 56.3 Å². The lowest BCUT2D eigenvalue weighted by Gasteiger charge is -2.26. The number of hydrogen-bond donors (Lipinski definition) is 0. The van der Waals surface area contributed by atoms with E-state index in [1.54, 1.807) is 12.1 Å². The molecule has 0 N–H and O–H groups in total. The van der Waals surface area contributed by atoms with Gasteiger partial charge < -0.3 is 4.18 Å². The molecular weight excluding hydrogens is 384 g/mol. The van der Waals surface area contributed by atoms with Crippen molar-refractivity contribution >= 4 is 20.0 Å². The fourth-order valence-corrected chi connectivity index (χ4v) is 6.43. The Morgan fingerprint density at radius 1 is 0.889 bits per heavy atom. The molecule has 2 aromatic carbocycles. The van der Waals surface area contributed by atoms with Gasteiger partial charge >= 0.3 is 10.1 Å². The van der Waals surface area contributed by atoms with Crippen molar-refractivity contribution in [3.05, 3.63) is 65.7 Å². The molecule has 27 heavy (non-hydrogen) atoms. The smallest absolute Gasteiger partial charge is 0.312 e. The molecule has 0 atom stereocenters. The minimum atomic E-state index is -3.85. The van der Waals surface area contributed by atoms with Crippen molar-refractivity contribution in [2.24, 2.45) is 0 Å². The van der Waals surface area contributed by atoms with E-state index in [4.69, 9.17) is 4.18 Å². The van der Waals surface area contributed by atoms with Crippen LogP contribution in [0.3, 0.4) is 0 Å². The SMILES string of the molecule is CC(C)(c1ccccc1)c1ccc(OS(=O)(=O)C2CCS(=O)(=O)CC2)cc1. The second kappa shape index (κ2) is 7.28. The van der Waals surface area contributed by atoms with Crippen LogP contribution in [0.25, 0.3) is 0 Å². The van der Waals surface area contributed by atoms with Gasteiger partial charge in [0.2, 0.25) is 0 Å². The minimum Gasteiger partial charge on any atom is -0.382 e. The molecule has 0 aromatic heterocycles. The maximum absolute atomic E-state index is 12.5. The summed E-state index contributed by atoms with van der Waals surface area (Å²) in [5.74, 6) is 0.0330. The monoisotopic (exact) mass is 408 g/mol. The Morgan fingerprint density at radius 3 is 1.96 bits per heavy atom. The highest BCUT2D eigenvalue weighted by atomic mass is 32.2. The molecule has 1 aliphatic heterocycles. The fourth-order valence-electron chi connectivity index (χ4n) is 3.31. The van der Waals surface area contributed by atoms with Crippen molar-refractivity contribution < 1.29 is 21.0 Å². The average molecular weight is 409 g/mol. The second-order valence-corrected chi connectivity index (χ2v) is 11.6. The van der Waals surface area contributed by atoms with Crippen molar-refractivity contribution in [1.29, 1.82) is 0 Å². The molecule has 0 bridgehead atoms. The molecular formula is C20H24O5S2. The molecule has 5 nitrogen and oxygen atoms in total. The normalized spacial score (nSPS) is 18.1. The van der Waals surface area contributed by atoms with E-state index in [0.717, 1.165) is 11.1 Å². The predicted molar refractivity (Wildman–Crippen MR) is 106 cm³/mol. The van der Waals surface area contributed by atoms with Crippen LogP contribution in [0, 0.1) is 0 Å². The zero-order chi connectivity index (χ0) is 19.7. The van der Waals surface area contributed by atoms with Crippen LogP contribution in [0.15, 0.2) is 54.6 Å². The van der Waals surface area contributed by atoms with Gasteiger partial charge in [-0.3, -0.25) is 0 Å². The molecule has 3 rings (SSSR count). The molecule has 0 saturated carbocycles. The molecule has 0 unspecified atom stereocenters. The fraction of sp³-hybridized carbons (Fsp3) is 0.400. The summed E-state index contributed by atoms with van der Waals surface area (Å²) in [4.78, 5) is 0. The Balaban J connectivity index is 1.74. The zero-order valence-electron chi connectivity index (χ0n) is 15.5. The molecule has 7 heteroatoms. The lowest BCUT2D eigenvalue weighted by molar-refractivity contribution is 0.462. The molecule has 1 saturated heterocycles. The third-order valence-electron chi connectivity index (χ3n) is 5.19. The molecule has 1 fully saturated rings. The molecule has 0 amide bonds. The molecule has 1 aliphatic rings. The van der Waals surface area contributed by atoms with Crippen LogP contribution in [-0.2, 0) is 25.4 Å². The molecule has 146 valence electrons. The van der Waals surface area contributed by atoms with Gasteiger partial charge in [-0.25, -0.2) is 8.42 Å². The Kier molecular flexibility index (Phi) is 5.36. The van der Waals surface area contributed by atoms with E-state index in [2.05, 4.69) is 26.0 Å². The van der Waals surface area contributed by atoms with E-state index >= 15 is 0 Å². The van der Waals surface area contributed by atoms with Gasteiger partial charge in [0, 0.05) is 5.41 Å². The molecule has 0 spiro atoms. The van der Waals surface area contributed by atoms with E-state index in [1.165, 1.54) is 0 Å². The summed E-state index contributed by atoms with van der Waals surface area (Å²) in [6, 6.07) is 17.1. The van der Waals surface area contributed by atoms with Crippen molar-refractivity contribution in [2.45, 2.75) is 37.4 Å². The highest BCUT2D eigenvalue weighted by Crippen LogP contribution is 2.32. The summed E-state index contributed by atoms with van der Waals surface area (Å²) in [7, 11) is -6.97. The molecule has 0 radical (unpaired) electrons. The van der Waals surface area contributed by atoms with Crippen LogP contribution in [-0.4, -0.2) is 33.6 Å². The Hall–Kier alpha value is -1.86. The molecule has 2 aromatic rings. The standard InChI is InChI=1S/C20H24O5S2/c1-20(2,16-6-4-3-5-7-16)17-8-10-18(11-9-17)25-27(23,24)19-12-14-26(21,22)15-13-19/h3-11,19H,12-15H2,1-2H3. The number of sulfone groups is 1. The first-order valence-electron chi connectivity index (χ1n) is 8.90. The largest absolute Gasteiger partial charge is 0.382 e. The lowest BCUT2D eigenvalue weighted by atomic mass is 9.78. The quantitative estimate of drug-likeness (QED) is 0.710. The van der Waals surface area contributed by atoms with Gasteiger partial charge in [0.25, 0.3) is 0 Å². The summed E-state index contributed by atoms with van der Waals surface area (Å²) in [6.45, 7) is 4.22. The summed E-state index contributed by atoms with van der Waals surface area (Å²) in [6.07, 6.45) is 0.174. The van der Waals surface area contributed by atoms with Crippen LogP contribution in [0.4, 0.5) is 0 Å². The van der Waals surface area contributed by atoms with Crippen LogP contribution in [0.2, 0.25) is 0 Å². The van der Waals surface area contributed by atoms with Gasteiger partial charge in [0.1, 0.15) is 15.6 Å². The lowest BCUT2D eigenvalue weighted by Crippen LogP contribution is -2.35. The van der Waals surface area contributed by atoms with Crippen molar-refractivity contribution in [1.82, 2.24) is 0 Å². The van der Waals surface area contributed by atoms with Crippen LogP contribution >= 0.6 is 0 Å². The maximum atomic E-state index is 12.5. The van der Waals surface area contributed by atoms with E-state index < -0.39 is 25.2 Å². The van der Waals surface area contributed by atoms with E-state index in [1.807, 2.05) is 30.3 Å². The summed E-state index contributed by atoms with van der Waals surface area (Å²) >= 11 is 0. The third-order valence-corrected chi connectivity index (χ3v) is 8.62. The Morgan fingerprint density at radius 2 is 1.41 bits per heavy atom. The zero-order valence-corrected chi connectivity index (χ0v) is 17.1. The van der Waals surface area contributed by atoms with Crippen LogP contribution in [0.1, 0.15) is 37.8 Å². The van der Waals surface area contributed by atoms with Gasteiger partial charge in [-0.05, 0) is 36.1 Å². The van der Waals surface area contributed by atoms with Gasteiger partial charge in [0.15, 0.2) is 0 Å². The number of hydrogen-bond acceptors (Lipinski definition) is 5. The van der Waals surface area contributed by atoms with E-state index in [9.17, 15) is 16.8 Å². The number of benzene rings is 2. The first kappa shape index (κ1) is 19.9. The van der Waals surface area contributed by atoms with Crippen molar-refractivity contribution in [3.8, 4) is 5.75 Å². The van der Waals surface area contributed by atoms with Gasteiger partial charge in [-0.15, -0.1) is 0 Å². The van der Waals surface area contributed by atoms with Crippen molar-refractivity contribution in [2.75, 3.05) is 11.5 Å². The highest BCUT2D eigenvalue weighted by Gasteiger charge is 2.34. The van der Waals surface area contributed by atoms with Crippen molar-refractivity contribution in [3.63, 3.8) is 0 Å². The highest BCUT2D eigenvalue weighted by molar-refractivity contribution is 7.92. The van der Waals surface area contributed by atoms with Crippen LogP contribution < -0.4 is 4.18 Å². The Bertz CT molecular complexity index is 978. The first-order chi connectivity index (χ1) is 12.6. The van der Waals surface area contributed by atoms with Crippen LogP contribution in [0.5, 0.6) is 5.75 Å². The average Bonchev–Trinajstić information content (AvgIpc) is 2.62. The summed E-state index contributed by atoms with van der Waals surface area (Å²) < 4.78 is 53.2.